The first-order valence-corrected chi connectivity index (χ1v) is 9.05. The number of hydrogen-bond donors (Lipinski definition) is 1. The zero-order valence-electron chi connectivity index (χ0n) is 13.9. The van der Waals surface area contributed by atoms with Gasteiger partial charge in [0.15, 0.2) is 0 Å². The summed E-state index contributed by atoms with van der Waals surface area (Å²) in [6, 6.07) is 7.38. The Morgan fingerprint density at radius 3 is 2.70 bits per heavy atom. The van der Waals surface area contributed by atoms with E-state index in [0.29, 0.717) is 0 Å². The lowest BCUT2D eigenvalue weighted by atomic mass is 10.0. The molecule has 1 unspecified atom stereocenters. The van der Waals surface area contributed by atoms with Crippen molar-refractivity contribution in [3.8, 4) is 0 Å². The number of rotatable bonds is 8. The van der Waals surface area contributed by atoms with Crippen molar-refractivity contribution in [1.82, 2.24) is 9.80 Å². The van der Waals surface area contributed by atoms with Crippen LogP contribution >= 0.6 is 11.8 Å². The van der Waals surface area contributed by atoms with Gasteiger partial charge in [0.2, 0.25) is 0 Å². The number of nitrogens with zero attached hydrogens (tertiary/aromatic N) is 2. The second-order valence-corrected chi connectivity index (χ2v) is 6.95. The Labute approximate surface area is 142 Å². The smallest absolute Gasteiger partial charge is 0.325 e. The van der Waals surface area contributed by atoms with Crippen LogP contribution in [0.5, 0.6) is 0 Å². The van der Waals surface area contributed by atoms with Crippen molar-refractivity contribution >= 4 is 17.7 Å². The third-order valence-corrected chi connectivity index (χ3v) is 4.98. The fourth-order valence-electron chi connectivity index (χ4n) is 2.92. The van der Waals surface area contributed by atoms with Gasteiger partial charge in [-0.1, -0.05) is 19.1 Å². The van der Waals surface area contributed by atoms with Crippen LogP contribution in [0.2, 0.25) is 0 Å². The second-order valence-electron chi connectivity index (χ2n) is 5.62. The number of thioether (sulfide) groups is 1. The molecule has 23 heavy (non-hydrogen) atoms. The van der Waals surface area contributed by atoms with Crippen molar-refractivity contribution in [2.75, 3.05) is 52.2 Å². The highest BCUT2D eigenvalue weighted by Gasteiger charge is 2.30. The first-order valence-electron chi connectivity index (χ1n) is 8.06. The van der Waals surface area contributed by atoms with Gasteiger partial charge in [-0.15, -0.1) is 11.8 Å². The molecule has 6 heteroatoms. The Balaban J connectivity index is 2.05. The molecule has 0 radical (unpaired) electrons. The summed E-state index contributed by atoms with van der Waals surface area (Å²) < 4.78 is 5.11. The van der Waals surface area contributed by atoms with Crippen LogP contribution in [0.15, 0.2) is 29.2 Å². The molecule has 1 aliphatic rings. The molecular formula is C17H26N2O3S. The summed E-state index contributed by atoms with van der Waals surface area (Å²) in [6.07, 6.45) is 0. The Kier molecular flexibility index (Phi) is 7.36. The van der Waals surface area contributed by atoms with Crippen LogP contribution in [0.1, 0.15) is 18.5 Å². The first-order chi connectivity index (χ1) is 11.2. The van der Waals surface area contributed by atoms with Gasteiger partial charge >= 0.3 is 5.97 Å². The molecule has 1 N–H and O–H groups in total. The number of carboxylic acids is 1. The fraction of sp³-hybridized carbons (Fsp3) is 0.588. The molecule has 0 amide bonds. The SMILES string of the molecule is CCSc1cccc(C(C(=O)O)N2CCN(CCOC)CC2)c1. The Morgan fingerprint density at radius 1 is 1.35 bits per heavy atom. The molecule has 1 fully saturated rings. The van der Waals surface area contributed by atoms with Crippen LogP contribution in [-0.4, -0.2) is 73.1 Å². The maximum absolute atomic E-state index is 11.8. The zero-order valence-corrected chi connectivity index (χ0v) is 14.7. The summed E-state index contributed by atoms with van der Waals surface area (Å²) in [5.74, 6) is 0.216. The third kappa shape index (κ3) is 5.21. The first kappa shape index (κ1) is 18.3. The van der Waals surface area contributed by atoms with Gasteiger partial charge < -0.3 is 9.84 Å². The van der Waals surface area contributed by atoms with Crippen molar-refractivity contribution < 1.29 is 14.6 Å². The molecule has 1 aromatic carbocycles. The lowest BCUT2D eigenvalue weighted by Crippen LogP contribution is -2.49. The summed E-state index contributed by atoms with van der Waals surface area (Å²) in [6.45, 7) is 7.04. The normalized spacial score (nSPS) is 18.0. The van der Waals surface area contributed by atoms with E-state index in [1.54, 1.807) is 18.9 Å². The number of methoxy groups -OCH3 is 1. The van der Waals surface area contributed by atoms with Gasteiger partial charge in [-0.3, -0.25) is 14.6 Å². The fourth-order valence-corrected chi connectivity index (χ4v) is 3.64. The number of ether oxygens (including phenoxy) is 1. The zero-order chi connectivity index (χ0) is 16.7. The van der Waals surface area contributed by atoms with E-state index in [2.05, 4.69) is 16.7 Å². The molecule has 1 heterocycles. The predicted octanol–water partition coefficient (Wildman–Crippen LogP) is 2.19. The monoisotopic (exact) mass is 338 g/mol. The lowest BCUT2D eigenvalue weighted by Gasteiger charge is -2.37. The van der Waals surface area contributed by atoms with Crippen LogP contribution in [0, 0.1) is 0 Å². The topological polar surface area (TPSA) is 53.0 Å². The quantitative estimate of drug-likeness (QED) is 0.733. The van der Waals surface area contributed by atoms with Gasteiger partial charge in [0, 0.05) is 44.7 Å². The van der Waals surface area contributed by atoms with Crippen LogP contribution < -0.4 is 0 Å². The third-order valence-electron chi connectivity index (χ3n) is 4.10. The summed E-state index contributed by atoms with van der Waals surface area (Å²) in [4.78, 5) is 17.4. The number of hydrogen-bond acceptors (Lipinski definition) is 5. The van der Waals surface area contributed by atoms with Gasteiger partial charge in [-0.2, -0.15) is 0 Å². The molecule has 0 bridgehead atoms. The summed E-state index contributed by atoms with van der Waals surface area (Å²) in [5.41, 5.74) is 0.876. The molecule has 0 aromatic heterocycles. The molecule has 1 atom stereocenters. The standard InChI is InChI=1S/C17H26N2O3S/c1-3-23-15-6-4-5-14(13-15)16(17(20)21)19-9-7-18(8-10-19)11-12-22-2/h4-6,13,16H,3,7-12H2,1-2H3,(H,20,21). The molecule has 0 aliphatic carbocycles. The number of aliphatic carboxylic acids is 1. The molecule has 0 saturated carbocycles. The van der Waals surface area contributed by atoms with E-state index in [4.69, 9.17) is 4.74 Å². The highest BCUT2D eigenvalue weighted by atomic mass is 32.2. The van der Waals surface area contributed by atoms with Gasteiger partial charge in [0.05, 0.1) is 6.61 Å². The maximum atomic E-state index is 11.8. The molecule has 2 rings (SSSR count). The van der Waals surface area contributed by atoms with Gasteiger partial charge in [-0.05, 0) is 23.4 Å². The predicted molar refractivity (Wildman–Crippen MR) is 93.1 cm³/mol. The second kappa shape index (κ2) is 9.27. The number of piperazine rings is 1. The van der Waals surface area contributed by atoms with Crippen molar-refractivity contribution in [3.05, 3.63) is 29.8 Å². The highest BCUT2D eigenvalue weighted by Crippen LogP contribution is 2.27. The Bertz CT molecular complexity index is 504. The minimum absolute atomic E-state index is 0.558. The Hall–Kier alpha value is -1.08. The molecule has 128 valence electrons. The molecule has 5 nitrogen and oxygen atoms in total. The number of carbonyl (C=O) groups is 1. The van der Waals surface area contributed by atoms with Gasteiger partial charge in [-0.25, -0.2) is 0 Å². The van der Waals surface area contributed by atoms with Crippen molar-refractivity contribution in [1.29, 1.82) is 0 Å². The van der Waals surface area contributed by atoms with Crippen LogP contribution in [-0.2, 0) is 9.53 Å². The van der Waals surface area contributed by atoms with Crippen molar-refractivity contribution in [3.63, 3.8) is 0 Å². The number of benzene rings is 1. The van der Waals surface area contributed by atoms with Crippen LogP contribution in [0.25, 0.3) is 0 Å². The molecule has 1 aliphatic heterocycles. The molecule has 1 aromatic rings. The van der Waals surface area contributed by atoms with Crippen molar-refractivity contribution in [2.24, 2.45) is 0 Å². The molecule has 0 spiro atoms. The minimum Gasteiger partial charge on any atom is -0.480 e. The molecular weight excluding hydrogens is 312 g/mol. The van der Waals surface area contributed by atoms with Gasteiger partial charge in [0.1, 0.15) is 6.04 Å². The number of carboxylic acid groups (broad SMARTS) is 1. The van der Waals surface area contributed by atoms with E-state index in [9.17, 15) is 9.90 Å². The maximum Gasteiger partial charge on any atom is 0.325 e. The minimum atomic E-state index is -0.769. The molecule has 1 saturated heterocycles. The van der Waals surface area contributed by atoms with E-state index in [1.165, 1.54) is 0 Å². The Morgan fingerprint density at radius 2 is 2.09 bits per heavy atom. The van der Waals surface area contributed by atoms with E-state index < -0.39 is 12.0 Å². The largest absolute Gasteiger partial charge is 0.480 e. The summed E-state index contributed by atoms with van der Waals surface area (Å²) in [5, 5.41) is 9.72. The van der Waals surface area contributed by atoms with E-state index >= 15 is 0 Å². The summed E-state index contributed by atoms with van der Waals surface area (Å²) in [7, 11) is 1.71. The highest BCUT2D eigenvalue weighted by molar-refractivity contribution is 7.99. The average Bonchev–Trinajstić information content (AvgIpc) is 2.55. The van der Waals surface area contributed by atoms with E-state index in [1.807, 2.05) is 24.3 Å². The van der Waals surface area contributed by atoms with E-state index in [0.717, 1.165) is 55.5 Å². The van der Waals surface area contributed by atoms with E-state index in [-0.39, 0.29) is 0 Å². The average molecular weight is 338 g/mol. The lowest BCUT2D eigenvalue weighted by molar-refractivity contribution is -0.144. The van der Waals surface area contributed by atoms with Crippen LogP contribution in [0.4, 0.5) is 0 Å². The summed E-state index contributed by atoms with van der Waals surface area (Å²) >= 11 is 1.74. The van der Waals surface area contributed by atoms with Crippen LogP contribution in [0.3, 0.4) is 0 Å². The van der Waals surface area contributed by atoms with Crippen molar-refractivity contribution in [2.45, 2.75) is 17.9 Å². The van der Waals surface area contributed by atoms with Gasteiger partial charge in [0.25, 0.3) is 0 Å².